The number of fused-ring (bicyclic) bond motifs is 1. The molecule has 124 valence electrons. The van der Waals surface area contributed by atoms with Crippen molar-refractivity contribution in [2.24, 2.45) is 0 Å². The lowest BCUT2D eigenvalue weighted by Crippen LogP contribution is -2.21. The van der Waals surface area contributed by atoms with Crippen LogP contribution in [-0.2, 0) is 6.42 Å². The van der Waals surface area contributed by atoms with E-state index in [1.807, 2.05) is 54.6 Å². The van der Waals surface area contributed by atoms with Crippen LogP contribution >= 0.6 is 11.6 Å². The molecule has 1 aromatic heterocycles. The summed E-state index contributed by atoms with van der Waals surface area (Å²) in [5.74, 6) is 0.681. The standard InChI is InChI=1S/C20H16ClN3O/c21-15-6-4-5-13(9-15)14-10-18-17(19(25)11-14)12-22-20(24-18)23-16-7-2-1-3-8-16/h1-9,12,14H,10-11H2,(H,22,23,24)/t14-/m0/s1. The number of anilines is 2. The van der Waals surface area contributed by atoms with E-state index in [9.17, 15) is 4.79 Å². The molecule has 0 fully saturated rings. The lowest BCUT2D eigenvalue weighted by Gasteiger charge is -2.23. The molecule has 0 amide bonds. The molecule has 0 saturated carbocycles. The predicted octanol–water partition coefficient (Wildman–Crippen LogP) is 4.79. The molecule has 0 unspecified atom stereocenters. The van der Waals surface area contributed by atoms with Crippen LogP contribution in [-0.4, -0.2) is 15.8 Å². The molecule has 0 saturated heterocycles. The van der Waals surface area contributed by atoms with Gasteiger partial charge in [-0.3, -0.25) is 4.79 Å². The normalized spacial score (nSPS) is 16.4. The van der Waals surface area contributed by atoms with Gasteiger partial charge in [0.2, 0.25) is 5.95 Å². The summed E-state index contributed by atoms with van der Waals surface area (Å²) in [6, 6.07) is 17.4. The molecule has 4 rings (SSSR count). The fourth-order valence-corrected chi connectivity index (χ4v) is 3.35. The van der Waals surface area contributed by atoms with Crippen molar-refractivity contribution in [3.8, 4) is 0 Å². The van der Waals surface area contributed by atoms with E-state index < -0.39 is 0 Å². The second-order valence-corrected chi connectivity index (χ2v) is 6.56. The van der Waals surface area contributed by atoms with Crippen molar-refractivity contribution in [1.29, 1.82) is 0 Å². The first kappa shape index (κ1) is 15.8. The quantitative estimate of drug-likeness (QED) is 0.738. The molecule has 2 aromatic carbocycles. The average Bonchev–Trinajstić information content (AvgIpc) is 2.62. The Balaban J connectivity index is 1.63. The van der Waals surface area contributed by atoms with E-state index in [0.717, 1.165) is 16.9 Å². The van der Waals surface area contributed by atoms with Crippen LogP contribution in [0, 0.1) is 0 Å². The molecule has 3 aromatic rings. The Labute approximate surface area is 150 Å². The molecule has 1 aliphatic rings. The largest absolute Gasteiger partial charge is 0.324 e. The van der Waals surface area contributed by atoms with Crippen LogP contribution in [0.4, 0.5) is 11.6 Å². The first-order valence-electron chi connectivity index (χ1n) is 8.16. The third-order valence-corrected chi connectivity index (χ3v) is 4.62. The fraction of sp³-hybridized carbons (Fsp3) is 0.150. The van der Waals surface area contributed by atoms with E-state index in [1.54, 1.807) is 6.20 Å². The zero-order valence-electron chi connectivity index (χ0n) is 13.4. The molecular formula is C20H16ClN3O. The van der Waals surface area contributed by atoms with Gasteiger partial charge in [0.15, 0.2) is 5.78 Å². The van der Waals surface area contributed by atoms with Crippen molar-refractivity contribution in [2.45, 2.75) is 18.8 Å². The topological polar surface area (TPSA) is 54.9 Å². The summed E-state index contributed by atoms with van der Waals surface area (Å²) >= 11 is 6.10. The molecule has 25 heavy (non-hydrogen) atoms. The number of benzene rings is 2. The zero-order valence-corrected chi connectivity index (χ0v) is 14.2. The van der Waals surface area contributed by atoms with Gasteiger partial charge in [-0.25, -0.2) is 9.97 Å². The molecule has 0 bridgehead atoms. The zero-order chi connectivity index (χ0) is 17.2. The van der Waals surface area contributed by atoms with Crippen LogP contribution in [0.1, 0.15) is 34.0 Å². The van der Waals surface area contributed by atoms with Crippen LogP contribution in [0.25, 0.3) is 0 Å². The van der Waals surface area contributed by atoms with Gasteiger partial charge >= 0.3 is 0 Å². The highest BCUT2D eigenvalue weighted by Gasteiger charge is 2.28. The van der Waals surface area contributed by atoms with Gasteiger partial charge in [-0.15, -0.1) is 0 Å². The van der Waals surface area contributed by atoms with Crippen LogP contribution in [0.15, 0.2) is 60.8 Å². The molecule has 1 heterocycles. The number of hydrogen-bond donors (Lipinski definition) is 1. The number of para-hydroxylation sites is 1. The monoisotopic (exact) mass is 349 g/mol. The molecular weight excluding hydrogens is 334 g/mol. The van der Waals surface area contributed by atoms with E-state index in [2.05, 4.69) is 15.3 Å². The Morgan fingerprint density at radius 2 is 1.88 bits per heavy atom. The summed E-state index contributed by atoms with van der Waals surface area (Å²) in [6.45, 7) is 0. The summed E-state index contributed by atoms with van der Waals surface area (Å²) < 4.78 is 0. The molecule has 0 radical (unpaired) electrons. The highest BCUT2D eigenvalue weighted by molar-refractivity contribution is 6.30. The van der Waals surface area contributed by atoms with Crippen molar-refractivity contribution in [2.75, 3.05) is 5.32 Å². The predicted molar refractivity (Wildman–Crippen MR) is 98.6 cm³/mol. The lowest BCUT2D eigenvalue weighted by molar-refractivity contribution is 0.0962. The summed E-state index contributed by atoms with van der Waals surface area (Å²) in [5, 5.41) is 3.86. The minimum absolute atomic E-state index is 0.0810. The van der Waals surface area contributed by atoms with Gasteiger partial charge in [-0.2, -0.15) is 0 Å². The molecule has 1 aliphatic carbocycles. The highest BCUT2D eigenvalue weighted by Crippen LogP contribution is 2.33. The molecule has 1 atom stereocenters. The van der Waals surface area contributed by atoms with Crippen molar-refractivity contribution in [1.82, 2.24) is 9.97 Å². The number of Topliss-reactive ketones (excluding diaryl/α,β-unsaturated/α-hetero) is 1. The highest BCUT2D eigenvalue weighted by atomic mass is 35.5. The van der Waals surface area contributed by atoms with E-state index >= 15 is 0 Å². The van der Waals surface area contributed by atoms with Gasteiger partial charge in [0.1, 0.15) is 0 Å². The number of ketones is 1. The van der Waals surface area contributed by atoms with Gasteiger partial charge in [-0.05, 0) is 42.2 Å². The van der Waals surface area contributed by atoms with Gasteiger partial charge in [-0.1, -0.05) is 41.9 Å². The molecule has 1 N–H and O–H groups in total. The minimum atomic E-state index is 0.0810. The minimum Gasteiger partial charge on any atom is -0.324 e. The third kappa shape index (κ3) is 3.39. The number of halogens is 1. The maximum Gasteiger partial charge on any atom is 0.227 e. The molecule has 5 heteroatoms. The number of carbonyl (C=O) groups excluding carboxylic acids is 1. The average molecular weight is 350 g/mol. The number of aromatic nitrogens is 2. The second kappa shape index (κ2) is 6.65. The van der Waals surface area contributed by atoms with Crippen molar-refractivity contribution in [3.05, 3.63) is 82.6 Å². The van der Waals surface area contributed by atoms with Crippen LogP contribution in [0.2, 0.25) is 5.02 Å². The third-order valence-electron chi connectivity index (χ3n) is 4.39. The smallest absolute Gasteiger partial charge is 0.227 e. The molecule has 0 spiro atoms. The van der Waals surface area contributed by atoms with Crippen molar-refractivity contribution in [3.63, 3.8) is 0 Å². The maximum atomic E-state index is 12.5. The Bertz CT molecular complexity index is 927. The Morgan fingerprint density at radius 1 is 1.04 bits per heavy atom. The molecule has 0 aliphatic heterocycles. The van der Waals surface area contributed by atoms with Gasteiger partial charge in [0, 0.05) is 23.3 Å². The van der Waals surface area contributed by atoms with Gasteiger partial charge in [0.25, 0.3) is 0 Å². The Kier molecular flexibility index (Phi) is 4.20. The first-order chi connectivity index (χ1) is 12.2. The van der Waals surface area contributed by atoms with Crippen LogP contribution in [0.3, 0.4) is 0 Å². The summed E-state index contributed by atoms with van der Waals surface area (Å²) in [7, 11) is 0. The van der Waals surface area contributed by atoms with Crippen LogP contribution < -0.4 is 5.32 Å². The SMILES string of the molecule is O=C1C[C@@H](c2cccc(Cl)c2)Cc2nc(Nc3ccccc3)ncc21. The van der Waals surface area contributed by atoms with Crippen LogP contribution in [0.5, 0.6) is 0 Å². The summed E-state index contributed by atoms with van der Waals surface area (Å²) in [6.07, 6.45) is 2.79. The van der Waals surface area contributed by atoms with Gasteiger partial charge < -0.3 is 5.32 Å². The first-order valence-corrected chi connectivity index (χ1v) is 8.53. The number of hydrogen-bond acceptors (Lipinski definition) is 4. The number of nitrogens with one attached hydrogen (secondary N) is 1. The van der Waals surface area contributed by atoms with E-state index in [-0.39, 0.29) is 11.7 Å². The Morgan fingerprint density at radius 3 is 2.68 bits per heavy atom. The molecule has 4 nitrogen and oxygen atoms in total. The number of carbonyl (C=O) groups is 1. The van der Waals surface area contributed by atoms with Crippen molar-refractivity contribution < 1.29 is 4.79 Å². The number of nitrogens with zero attached hydrogens (tertiary/aromatic N) is 2. The second-order valence-electron chi connectivity index (χ2n) is 6.13. The van der Waals surface area contributed by atoms with E-state index in [1.165, 1.54) is 0 Å². The van der Waals surface area contributed by atoms with Gasteiger partial charge in [0.05, 0.1) is 11.3 Å². The summed E-state index contributed by atoms with van der Waals surface area (Å²) in [4.78, 5) is 21.4. The maximum absolute atomic E-state index is 12.5. The Hall–Kier alpha value is -2.72. The number of rotatable bonds is 3. The fourth-order valence-electron chi connectivity index (χ4n) is 3.15. The summed E-state index contributed by atoms with van der Waals surface area (Å²) in [5.41, 5.74) is 3.39. The lowest BCUT2D eigenvalue weighted by atomic mass is 9.82. The van der Waals surface area contributed by atoms with Crippen molar-refractivity contribution >= 4 is 29.0 Å². The van der Waals surface area contributed by atoms with E-state index in [4.69, 9.17) is 11.6 Å². The van der Waals surface area contributed by atoms with E-state index in [0.29, 0.717) is 29.4 Å².